The third-order valence-corrected chi connectivity index (χ3v) is 6.51. The number of hydrogen-bond acceptors (Lipinski definition) is 1. The SMILES string of the molecule is Cc1ccc(-c2cc3c(-c4cc(C(C)(C)C)cc(C(C)(C)C)c4)c(C)c(C)cc3[cH-]2)o1.[Cl][Zr][Cl]. The van der Waals surface area contributed by atoms with Crippen LogP contribution in [0.15, 0.2) is 52.9 Å². The maximum absolute atomic E-state index is 5.93. The summed E-state index contributed by atoms with van der Waals surface area (Å²) < 4.78 is 5.93. The molecule has 0 N–H and O–H groups in total. The molecule has 0 amide bonds. The molecule has 34 heavy (non-hydrogen) atoms. The zero-order chi connectivity index (χ0) is 25.4. The van der Waals surface area contributed by atoms with Crippen molar-refractivity contribution in [2.24, 2.45) is 0 Å². The second-order valence-corrected chi connectivity index (χ2v) is 15.0. The Morgan fingerprint density at radius 3 is 1.82 bits per heavy atom. The molecule has 1 heterocycles. The standard InChI is InChI=1S/C30H35O.2ClH.Zr/c1-18-12-21-13-22(27-11-10-19(2)31-27)16-26(21)28(20(18)3)23-14-24(29(4,5)6)17-25(15-23)30(7,8)9;;;/h10-17H,1-9H3;2*1H;/q-1;;;+2/p-2. The summed E-state index contributed by atoms with van der Waals surface area (Å²) in [4.78, 5) is 0. The molecule has 0 atom stereocenters. The first-order valence-corrected chi connectivity index (χ1v) is 18.0. The van der Waals surface area contributed by atoms with Crippen molar-refractivity contribution in [3.63, 3.8) is 0 Å². The van der Waals surface area contributed by atoms with E-state index in [1.807, 2.05) is 13.0 Å². The minimum atomic E-state index is -0.826. The van der Waals surface area contributed by atoms with Gasteiger partial charge in [-0.3, -0.25) is 0 Å². The van der Waals surface area contributed by atoms with Crippen LogP contribution in [-0.4, -0.2) is 0 Å². The van der Waals surface area contributed by atoms with E-state index in [2.05, 4.69) is 97.9 Å². The van der Waals surface area contributed by atoms with Crippen molar-refractivity contribution in [1.82, 2.24) is 0 Å². The second kappa shape index (κ2) is 10.4. The number of furan rings is 1. The number of rotatable bonds is 2. The van der Waals surface area contributed by atoms with Crippen molar-refractivity contribution in [2.75, 3.05) is 0 Å². The molecule has 0 unspecified atom stereocenters. The fraction of sp³-hybridized carbons (Fsp3) is 0.367. The molecule has 0 saturated heterocycles. The van der Waals surface area contributed by atoms with E-state index in [-0.39, 0.29) is 10.8 Å². The van der Waals surface area contributed by atoms with Crippen LogP contribution in [0, 0.1) is 20.8 Å². The first kappa shape index (κ1) is 27.4. The Labute approximate surface area is 223 Å². The molecule has 4 rings (SSSR count). The molecule has 4 aromatic rings. The Morgan fingerprint density at radius 1 is 0.794 bits per heavy atom. The van der Waals surface area contributed by atoms with E-state index in [0.29, 0.717) is 0 Å². The fourth-order valence-electron chi connectivity index (χ4n) is 4.34. The van der Waals surface area contributed by atoms with Crippen molar-refractivity contribution < 1.29 is 25.3 Å². The molecule has 4 heteroatoms. The molecular formula is C30H35Cl2OZr-. The molecule has 0 fully saturated rings. The summed E-state index contributed by atoms with van der Waals surface area (Å²) in [7, 11) is 9.87. The summed E-state index contributed by atoms with van der Waals surface area (Å²) in [5.41, 5.74) is 9.45. The quantitative estimate of drug-likeness (QED) is 0.218. The summed E-state index contributed by atoms with van der Waals surface area (Å²) in [6.45, 7) is 20.3. The van der Waals surface area contributed by atoms with E-state index >= 15 is 0 Å². The Bertz CT molecular complexity index is 1260. The van der Waals surface area contributed by atoms with Crippen molar-refractivity contribution in [1.29, 1.82) is 0 Å². The molecule has 0 saturated carbocycles. The topological polar surface area (TPSA) is 13.1 Å². The average Bonchev–Trinajstić information content (AvgIpc) is 3.34. The van der Waals surface area contributed by atoms with Gasteiger partial charge in [0.2, 0.25) is 0 Å². The summed E-state index contributed by atoms with van der Waals surface area (Å²) in [5.74, 6) is 1.88. The molecule has 1 nitrogen and oxygen atoms in total. The van der Waals surface area contributed by atoms with Crippen molar-refractivity contribution in [2.45, 2.75) is 73.1 Å². The Hall–Kier alpha value is -1.21. The molecule has 0 aliphatic carbocycles. The van der Waals surface area contributed by atoms with Crippen LogP contribution in [0.3, 0.4) is 0 Å². The molecule has 0 bridgehead atoms. The third-order valence-electron chi connectivity index (χ3n) is 6.51. The summed E-state index contributed by atoms with van der Waals surface area (Å²) in [5, 5.41) is 2.58. The van der Waals surface area contributed by atoms with E-state index in [9.17, 15) is 0 Å². The van der Waals surface area contributed by atoms with Crippen LogP contribution in [0.1, 0.15) is 69.6 Å². The van der Waals surface area contributed by atoms with Crippen LogP contribution in [0.25, 0.3) is 33.2 Å². The van der Waals surface area contributed by atoms with Crippen molar-refractivity contribution >= 4 is 27.8 Å². The number of benzene rings is 2. The zero-order valence-electron chi connectivity index (χ0n) is 21.8. The molecule has 0 aliphatic heterocycles. The van der Waals surface area contributed by atoms with Crippen LogP contribution in [0.4, 0.5) is 0 Å². The normalized spacial score (nSPS) is 12.0. The number of aryl methyl sites for hydroxylation is 2. The van der Waals surface area contributed by atoms with Crippen molar-refractivity contribution in [3.8, 4) is 22.5 Å². The first-order chi connectivity index (χ1) is 15.8. The number of fused-ring (bicyclic) bond motifs is 1. The van der Waals surface area contributed by atoms with E-state index in [1.165, 1.54) is 44.2 Å². The predicted molar refractivity (Wildman–Crippen MR) is 146 cm³/mol. The maximum atomic E-state index is 5.93. The van der Waals surface area contributed by atoms with Gasteiger partial charge in [0.15, 0.2) is 0 Å². The predicted octanol–water partition coefficient (Wildman–Crippen LogP) is 10.4. The molecule has 0 aliphatic rings. The summed E-state index contributed by atoms with van der Waals surface area (Å²) in [6, 6.07) is 18.2. The van der Waals surface area contributed by atoms with Crippen LogP contribution in [-0.2, 0) is 31.7 Å². The van der Waals surface area contributed by atoms with E-state index in [0.717, 1.165) is 17.1 Å². The Kier molecular flexibility index (Phi) is 8.39. The van der Waals surface area contributed by atoms with Gasteiger partial charge in [0.25, 0.3) is 0 Å². The molecule has 3 aromatic carbocycles. The molecule has 1 aromatic heterocycles. The first-order valence-electron chi connectivity index (χ1n) is 11.7. The van der Waals surface area contributed by atoms with Crippen LogP contribution >= 0.6 is 17.0 Å². The van der Waals surface area contributed by atoms with Gasteiger partial charge >= 0.3 is 37.9 Å². The zero-order valence-corrected chi connectivity index (χ0v) is 25.8. The minimum absolute atomic E-state index is 0.0930. The van der Waals surface area contributed by atoms with Crippen LogP contribution < -0.4 is 0 Å². The van der Waals surface area contributed by atoms with E-state index in [4.69, 9.17) is 21.4 Å². The van der Waals surface area contributed by atoms with E-state index < -0.39 is 20.8 Å². The summed E-state index contributed by atoms with van der Waals surface area (Å²) in [6.07, 6.45) is 0. The van der Waals surface area contributed by atoms with Gasteiger partial charge in [-0.15, -0.1) is 29.0 Å². The Morgan fingerprint density at radius 2 is 1.35 bits per heavy atom. The van der Waals surface area contributed by atoms with Gasteiger partial charge in [-0.1, -0.05) is 76.4 Å². The van der Waals surface area contributed by atoms with Gasteiger partial charge in [0, 0.05) is 0 Å². The van der Waals surface area contributed by atoms with Crippen LogP contribution in [0.5, 0.6) is 0 Å². The molecular weight excluding hydrogens is 538 g/mol. The number of hydrogen-bond donors (Lipinski definition) is 0. The molecule has 0 radical (unpaired) electrons. The second-order valence-electron chi connectivity index (χ2n) is 11.2. The molecule has 0 spiro atoms. The van der Waals surface area contributed by atoms with E-state index in [1.54, 1.807) is 0 Å². The van der Waals surface area contributed by atoms with Gasteiger partial charge < -0.3 is 4.42 Å². The third kappa shape index (κ3) is 5.95. The van der Waals surface area contributed by atoms with Gasteiger partial charge in [-0.2, -0.15) is 0 Å². The van der Waals surface area contributed by atoms with Gasteiger partial charge in [0.1, 0.15) is 0 Å². The average molecular weight is 574 g/mol. The monoisotopic (exact) mass is 571 g/mol. The van der Waals surface area contributed by atoms with Gasteiger partial charge in [0.05, 0.1) is 11.5 Å². The van der Waals surface area contributed by atoms with Gasteiger partial charge in [-0.05, 0) is 66.0 Å². The fourth-order valence-corrected chi connectivity index (χ4v) is 4.34. The van der Waals surface area contributed by atoms with Crippen LogP contribution in [0.2, 0.25) is 0 Å². The Balaban J connectivity index is 0.00000103. The summed E-state index contributed by atoms with van der Waals surface area (Å²) >= 11 is -0.826. The number of halogens is 2. The molecule has 180 valence electrons. The van der Waals surface area contributed by atoms with Crippen molar-refractivity contribution in [3.05, 3.63) is 76.5 Å². The van der Waals surface area contributed by atoms with Gasteiger partial charge in [-0.25, -0.2) is 0 Å².